The molecular weight excluding hydrogens is 787 g/mol. The second kappa shape index (κ2) is 22.8. The van der Waals surface area contributed by atoms with Crippen molar-refractivity contribution in [1.82, 2.24) is 0 Å². The summed E-state index contributed by atoms with van der Waals surface area (Å²) in [6, 6.07) is 28.5. The molecule has 0 N–H and O–H groups in total. The van der Waals surface area contributed by atoms with Gasteiger partial charge in [-0.2, -0.15) is 0 Å². The van der Waals surface area contributed by atoms with Gasteiger partial charge in [-0.15, -0.1) is 0 Å². The van der Waals surface area contributed by atoms with Crippen molar-refractivity contribution in [3.63, 3.8) is 0 Å². The molecule has 0 aliphatic heterocycles. The fourth-order valence-corrected chi connectivity index (χ4v) is 6.37. The number of carbonyl (C=O) groups is 3. The summed E-state index contributed by atoms with van der Waals surface area (Å²) < 4.78 is 20.2. The van der Waals surface area contributed by atoms with Gasteiger partial charge >= 0.3 is 23.5 Å². The molecule has 0 fully saturated rings. The zero-order valence-corrected chi connectivity index (χ0v) is 33.8. The number of hydrogen-bond donors (Lipinski definition) is 0. The SMILES string of the molecule is C.C.CC(=O)OC(C)c1cc2ccccc2cc1[N+](=O)[O-].CC(=O)OC(C)c1ccc2ccccc2c1[N+](=O)[O-].CCN(CC)c1ccc2cc(COC(C)=O)c(=O)oc2c1. The van der Waals surface area contributed by atoms with Crippen molar-refractivity contribution >= 4 is 67.5 Å². The largest absolute Gasteiger partial charge is 0.461 e. The van der Waals surface area contributed by atoms with Gasteiger partial charge < -0.3 is 23.5 Å². The summed E-state index contributed by atoms with van der Waals surface area (Å²) in [7, 11) is 0. The van der Waals surface area contributed by atoms with Crippen LogP contribution in [0.15, 0.2) is 106 Å². The van der Waals surface area contributed by atoms with Crippen LogP contribution in [0, 0.1) is 20.2 Å². The van der Waals surface area contributed by atoms with Gasteiger partial charge in [0.1, 0.15) is 24.4 Å². The lowest BCUT2D eigenvalue weighted by Gasteiger charge is -2.21. The molecular formula is C46H53N3O12. The van der Waals surface area contributed by atoms with Crippen molar-refractivity contribution in [3.8, 4) is 0 Å². The third-order valence-corrected chi connectivity index (χ3v) is 9.12. The minimum Gasteiger partial charge on any atom is -0.461 e. The highest BCUT2D eigenvalue weighted by Gasteiger charge is 2.24. The van der Waals surface area contributed by atoms with Crippen molar-refractivity contribution in [3.05, 3.63) is 144 Å². The predicted molar refractivity (Wildman–Crippen MR) is 237 cm³/mol. The first-order valence-electron chi connectivity index (χ1n) is 18.7. The number of carbonyl (C=O) groups excluding carboxylic acids is 3. The van der Waals surface area contributed by atoms with E-state index >= 15 is 0 Å². The van der Waals surface area contributed by atoms with Crippen molar-refractivity contribution < 1.29 is 42.9 Å². The first-order valence-corrected chi connectivity index (χ1v) is 18.7. The van der Waals surface area contributed by atoms with Gasteiger partial charge in [-0.05, 0) is 80.3 Å². The quantitative estimate of drug-likeness (QED) is 0.0393. The third-order valence-electron chi connectivity index (χ3n) is 9.12. The Morgan fingerprint density at radius 2 is 1.21 bits per heavy atom. The van der Waals surface area contributed by atoms with E-state index in [2.05, 4.69) is 18.7 Å². The Morgan fingerprint density at radius 3 is 1.75 bits per heavy atom. The molecule has 0 radical (unpaired) electrons. The molecule has 0 aliphatic rings. The number of hydrogen-bond acceptors (Lipinski definition) is 13. The Morgan fingerprint density at radius 1 is 0.672 bits per heavy atom. The predicted octanol–water partition coefficient (Wildman–Crippen LogP) is 10.7. The highest BCUT2D eigenvalue weighted by Crippen LogP contribution is 2.35. The molecule has 0 amide bonds. The van der Waals surface area contributed by atoms with E-state index in [-0.39, 0.29) is 32.8 Å². The summed E-state index contributed by atoms with van der Waals surface area (Å²) in [5.74, 6) is -1.35. The highest BCUT2D eigenvalue weighted by molar-refractivity contribution is 5.92. The van der Waals surface area contributed by atoms with Crippen LogP contribution in [0.25, 0.3) is 32.5 Å². The van der Waals surface area contributed by atoms with Gasteiger partial charge in [-0.3, -0.25) is 34.6 Å². The molecule has 0 aliphatic carbocycles. The molecule has 324 valence electrons. The fraction of sp³-hybridized carbons (Fsp3) is 0.304. The van der Waals surface area contributed by atoms with Crippen LogP contribution in [-0.4, -0.2) is 40.8 Å². The van der Waals surface area contributed by atoms with Gasteiger partial charge in [0.05, 0.1) is 31.9 Å². The second-order valence-corrected chi connectivity index (χ2v) is 13.2. The van der Waals surface area contributed by atoms with Crippen LogP contribution in [0.2, 0.25) is 0 Å². The maximum absolute atomic E-state index is 11.9. The van der Waals surface area contributed by atoms with E-state index in [4.69, 9.17) is 18.6 Å². The van der Waals surface area contributed by atoms with Gasteiger partial charge in [-0.1, -0.05) is 63.4 Å². The number of anilines is 1. The summed E-state index contributed by atoms with van der Waals surface area (Å²) in [4.78, 5) is 68.4. The first kappa shape index (κ1) is 50.0. The van der Waals surface area contributed by atoms with E-state index in [1.54, 1.807) is 50.2 Å². The maximum Gasteiger partial charge on any atom is 0.342 e. The van der Waals surface area contributed by atoms with Crippen LogP contribution in [0.5, 0.6) is 0 Å². The minimum atomic E-state index is -0.650. The van der Waals surface area contributed by atoms with Crippen molar-refractivity contribution in [2.45, 2.75) is 82.1 Å². The Balaban J connectivity index is 0.000000310. The average Bonchev–Trinajstić information content (AvgIpc) is 3.19. The standard InChI is InChI=1S/C16H19NO4.2C14H13NO4.2CH4/c1-4-17(5-2)14-7-6-12-8-13(10-20-11(3)18)16(19)21-15(12)9-14;1-9(19-10(2)16)13-7-11-5-3-4-6-12(11)8-14(13)15(17)18;1-9(19-10(2)16)12-8-7-11-5-3-4-6-13(11)14(12)15(17)18;;/h6-9H,4-5,10H2,1-3H3;2*3-9H,1-2H3;2*1H4. The number of fused-ring (bicyclic) bond motifs is 3. The van der Waals surface area contributed by atoms with Gasteiger partial charge in [0, 0.05) is 57.1 Å². The van der Waals surface area contributed by atoms with E-state index in [1.807, 2.05) is 54.6 Å². The zero-order valence-electron chi connectivity index (χ0n) is 33.8. The summed E-state index contributed by atoms with van der Waals surface area (Å²) in [5, 5.41) is 26.2. The van der Waals surface area contributed by atoms with Crippen LogP contribution >= 0.6 is 0 Å². The fourth-order valence-electron chi connectivity index (χ4n) is 6.37. The number of esters is 3. The number of nitro groups is 2. The number of nitrogens with zero attached hydrogens (tertiary/aromatic N) is 3. The summed E-state index contributed by atoms with van der Waals surface area (Å²) in [6.07, 6.45) is -1.30. The molecule has 6 rings (SSSR count). The molecule has 61 heavy (non-hydrogen) atoms. The topological polar surface area (TPSA) is 199 Å². The van der Waals surface area contributed by atoms with E-state index in [0.29, 0.717) is 27.7 Å². The van der Waals surface area contributed by atoms with Crippen LogP contribution in [0.4, 0.5) is 17.1 Å². The number of ether oxygens (including phenoxy) is 3. The number of nitro benzene ring substituents is 2. The molecule has 0 saturated carbocycles. The smallest absolute Gasteiger partial charge is 0.342 e. The Hall–Kier alpha value is -7.16. The summed E-state index contributed by atoms with van der Waals surface area (Å²) >= 11 is 0. The average molecular weight is 840 g/mol. The van der Waals surface area contributed by atoms with Gasteiger partial charge in [0.2, 0.25) is 0 Å². The van der Waals surface area contributed by atoms with E-state index < -0.39 is 45.6 Å². The lowest BCUT2D eigenvalue weighted by molar-refractivity contribution is -0.386. The van der Waals surface area contributed by atoms with Gasteiger partial charge in [0.25, 0.3) is 11.4 Å². The number of rotatable bonds is 11. The molecule has 2 atom stereocenters. The number of benzene rings is 5. The van der Waals surface area contributed by atoms with Crippen LogP contribution < -0.4 is 10.5 Å². The van der Waals surface area contributed by atoms with Crippen LogP contribution in [-0.2, 0) is 35.2 Å². The molecule has 1 aromatic heterocycles. The van der Waals surface area contributed by atoms with Crippen molar-refractivity contribution in [2.24, 2.45) is 0 Å². The lowest BCUT2D eigenvalue weighted by atomic mass is 10.0. The molecule has 5 aromatic carbocycles. The minimum absolute atomic E-state index is 0. The van der Waals surface area contributed by atoms with Crippen molar-refractivity contribution in [2.75, 3.05) is 18.0 Å². The molecule has 0 spiro atoms. The Labute approximate surface area is 354 Å². The van der Waals surface area contributed by atoms with Crippen LogP contribution in [0.1, 0.15) is 92.2 Å². The van der Waals surface area contributed by atoms with Crippen molar-refractivity contribution in [1.29, 1.82) is 0 Å². The zero-order chi connectivity index (χ0) is 43.4. The van der Waals surface area contributed by atoms with Crippen LogP contribution in [0.3, 0.4) is 0 Å². The van der Waals surface area contributed by atoms with E-state index in [9.17, 15) is 39.4 Å². The molecule has 15 nitrogen and oxygen atoms in total. The Bertz CT molecular complexity index is 2540. The van der Waals surface area contributed by atoms with Gasteiger partial charge in [-0.25, -0.2) is 4.79 Å². The Kier molecular flexibility index (Phi) is 18.7. The molecule has 0 bridgehead atoms. The molecule has 2 unspecified atom stereocenters. The van der Waals surface area contributed by atoms with E-state index in [1.165, 1.54) is 26.8 Å². The van der Waals surface area contributed by atoms with E-state index in [0.717, 1.165) is 40.3 Å². The summed E-state index contributed by atoms with van der Waals surface area (Å²) in [6.45, 7) is 13.0. The first-order chi connectivity index (χ1) is 28.0. The van der Waals surface area contributed by atoms with Gasteiger partial charge in [0.15, 0.2) is 0 Å². The summed E-state index contributed by atoms with van der Waals surface area (Å²) in [5.41, 5.74) is 2.19. The molecule has 6 aromatic rings. The highest BCUT2D eigenvalue weighted by atomic mass is 16.6. The maximum atomic E-state index is 11.9. The normalized spacial score (nSPS) is 11.2. The third kappa shape index (κ3) is 13.2. The molecule has 1 heterocycles. The lowest BCUT2D eigenvalue weighted by Crippen LogP contribution is -2.21. The monoisotopic (exact) mass is 839 g/mol. The molecule has 15 heteroatoms. The second-order valence-electron chi connectivity index (χ2n) is 13.2. The molecule has 0 saturated heterocycles.